The van der Waals surface area contributed by atoms with Crippen molar-refractivity contribution in [3.8, 4) is 0 Å². The molecule has 1 amide bonds. The molecule has 0 unspecified atom stereocenters. The lowest BCUT2D eigenvalue weighted by Gasteiger charge is -2.13. The minimum absolute atomic E-state index is 0.0606. The van der Waals surface area contributed by atoms with Gasteiger partial charge in [-0.25, -0.2) is 8.78 Å². The van der Waals surface area contributed by atoms with Crippen LogP contribution in [0.25, 0.3) is 0 Å². The zero-order chi connectivity index (χ0) is 12.3. The zero-order valence-electron chi connectivity index (χ0n) is 9.05. The topological polar surface area (TPSA) is 58.4 Å². The molecule has 0 aliphatic rings. The fourth-order valence-corrected chi connectivity index (χ4v) is 1.07. The van der Waals surface area contributed by atoms with Gasteiger partial charge in [-0.15, -0.1) is 0 Å². The van der Waals surface area contributed by atoms with Crippen LogP contribution >= 0.6 is 0 Å². The summed E-state index contributed by atoms with van der Waals surface area (Å²) >= 11 is 0. The number of benzene rings is 1. The summed E-state index contributed by atoms with van der Waals surface area (Å²) in [6.45, 7) is -0.141. The molecular weight excluding hydrogens is 216 g/mol. The second-order valence-electron chi connectivity index (χ2n) is 3.47. The summed E-state index contributed by atoms with van der Waals surface area (Å²) in [7, 11) is 3.13. The first kappa shape index (κ1) is 12.2. The number of amides is 1. The van der Waals surface area contributed by atoms with E-state index in [9.17, 15) is 13.6 Å². The molecule has 0 aliphatic heterocycles. The number of halogens is 2. The molecule has 0 aromatic heterocycles. The summed E-state index contributed by atoms with van der Waals surface area (Å²) in [6, 6.07) is 2.17. The Labute approximate surface area is 92.0 Å². The fourth-order valence-electron chi connectivity index (χ4n) is 1.07. The number of nitrogens with one attached hydrogen (secondary N) is 1. The van der Waals surface area contributed by atoms with Crippen molar-refractivity contribution < 1.29 is 13.6 Å². The summed E-state index contributed by atoms with van der Waals surface area (Å²) in [5.74, 6) is -2.34. The number of anilines is 2. The van der Waals surface area contributed by atoms with Crippen LogP contribution in [0.5, 0.6) is 0 Å². The molecule has 1 aromatic rings. The molecule has 0 fully saturated rings. The molecule has 0 radical (unpaired) electrons. The van der Waals surface area contributed by atoms with Crippen molar-refractivity contribution >= 4 is 17.3 Å². The van der Waals surface area contributed by atoms with E-state index in [1.54, 1.807) is 14.1 Å². The normalized spacial score (nSPS) is 10.0. The third kappa shape index (κ3) is 2.59. The molecule has 1 rings (SSSR count). The van der Waals surface area contributed by atoms with Gasteiger partial charge in [0.2, 0.25) is 5.91 Å². The van der Waals surface area contributed by atoms with Crippen LogP contribution in [0, 0.1) is 11.6 Å². The Morgan fingerprint density at radius 2 is 2.06 bits per heavy atom. The second-order valence-corrected chi connectivity index (χ2v) is 3.47. The molecule has 6 heteroatoms. The molecule has 0 saturated carbocycles. The fraction of sp³-hybridized carbons (Fsp3) is 0.300. The first-order chi connectivity index (χ1) is 7.43. The SMILES string of the molecule is CN(C)C(=O)CNc1c(N)ccc(F)c1F. The van der Waals surface area contributed by atoms with Gasteiger partial charge in [0.25, 0.3) is 0 Å². The van der Waals surface area contributed by atoms with Crippen LogP contribution in [0.1, 0.15) is 0 Å². The highest BCUT2D eigenvalue weighted by Gasteiger charge is 2.13. The van der Waals surface area contributed by atoms with E-state index in [0.29, 0.717) is 0 Å². The third-order valence-corrected chi connectivity index (χ3v) is 2.04. The van der Waals surface area contributed by atoms with E-state index >= 15 is 0 Å². The van der Waals surface area contributed by atoms with Gasteiger partial charge in [0.05, 0.1) is 17.9 Å². The molecule has 88 valence electrons. The summed E-state index contributed by atoms with van der Waals surface area (Å²) in [6.07, 6.45) is 0. The van der Waals surface area contributed by atoms with E-state index in [-0.39, 0.29) is 23.8 Å². The molecule has 0 spiro atoms. The number of carbonyl (C=O) groups is 1. The Kier molecular flexibility index (Phi) is 3.65. The van der Waals surface area contributed by atoms with Crippen LogP contribution in [0.4, 0.5) is 20.2 Å². The highest BCUT2D eigenvalue weighted by atomic mass is 19.2. The first-order valence-electron chi connectivity index (χ1n) is 4.61. The predicted molar refractivity (Wildman–Crippen MR) is 58.0 cm³/mol. The van der Waals surface area contributed by atoms with E-state index in [4.69, 9.17) is 5.73 Å². The molecule has 0 saturated heterocycles. The van der Waals surface area contributed by atoms with Crippen molar-refractivity contribution in [3.05, 3.63) is 23.8 Å². The minimum Gasteiger partial charge on any atom is -0.397 e. The lowest BCUT2D eigenvalue weighted by molar-refractivity contribution is -0.126. The Balaban J connectivity index is 2.82. The van der Waals surface area contributed by atoms with Crippen molar-refractivity contribution in [2.45, 2.75) is 0 Å². The Morgan fingerprint density at radius 3 is 2.62 bits per heavy atom. The van der Waals surface area contributed by atoms with E-state index in [0.717, 1.165) is 6.07 Å². The molecular formula is C10H13F2N3O. The number of carbonyl (C=O) groups excluding carboxylic acids is 1. The van der Waals surface area contributed by atoms with Gasteiger partial charge in [-0.2, -0.15) is 0 Å². The van der Waals surface area contributed by atoms with Gasteiger partial charge in [-0.05, 0) is 12.1 Å². The van der Waals surface area contributed by atoms with Crippen LogP contribution in [0.3, 0.4) is 0 Å². The quantitative estimate of drug-likeness (QED) is 0.761. The van der Waals surface area contributed by atoms with Crippen LogP contribution in [-0.2, 0) is 4.79 Å². The van der Waals surface area contributed by atoms with Gasteiger partial charge in [0.1, 0.15) is 0 Å². The number of hydrogen-bond acceptors (Lipinski definition) is 3. The molecule has 0 bridgehead atoms. The first-order valence-corrected chi connectivity index (χ1v) is 4.61. The number of nitrogen functional groups attached to an aromatic ring is 1. The summed E-state index contributed by atoms with van der Waals surface area (Å²) in [4.78, 5) is 12.6. The predicted octanol–water partition coefficient (Wildman–Crippen LogP) is 1.05. The third-order valence-electron chi connectivity index (χ3n) is 2.04. The van der Waals surface area contributed by atoms with Crippen molar-refractivity contribution in [2.75, 3.05) is 31.7 Å². The largest absolute Gasteiger partial charge is 0.397 e. The molecule has 0 heterocycles. The van der Waals surface area contributed by atoms with Gasteiger partial charge < -0.3 is 16.0 Å². The molecule has 4 nitrogen and oxygen atoms in total. The smallest absolute Gasteiger partial charge is 0.241 e. The number of nitrogens with zero attached hydrogens (tertiary/aromatic N) is 1. The molecule has 0 atom stereocenters. The van der Waals surface area contributed by atoms with E-state index in [1.165, 1.54) is 11.0 Å². The van der Waals surface area contributed by atoms with Crippen molar-refractivity contribution in [3.63, 3.8) is 0 Å². The molecule has 16 heavy (non-hydrogen) atoms. The summed E-state index contributed by atoms with van der Waals surface area (Å²) in [5.41, 5.74) is 5.33. The average molecular weight is 229 g/mol. The van der Waals surface area contributed by atoms with E-state index < -0.39 is 11.6 Å². The van der Waals surface area contributed by atoms with E-state index in [1.807, 2.05) is 0 Å². The zero-order valence-corrected chi connectivity index (χ0v) is 9.05. The number of likely N-dealkylation sites (N-methyl/N-ethyl adjacent to an activating group) is 1. The van der Waals surface area contributed by atoms with Gasteiger partial charge in [0.15, 0.2) is 11.6 Å². The second kappa shape index (κ2) is 4.78. The van der Waals surface area contributed by atoms with Gasteiger partial charge >= 0.3 is 0 Å². The summed E-state index contributed by atoms with van der Waals surface area (Å²) in [5, 5.41) is 2.47. The standard InChI is InChI=1S/C10H13F2N3O/c1-15(2)8(16)5-14-10-7(13)4-3-6(11)9(10)12/h3-4,14H,5,13H2,1-2H3. The lowest BCUT2D eigenvalue weighted by Crippen LogP contribution is -2.29. The highest BCUT2D eigenvalue weighted by Crippen LogP contribution is 2.24. The lowest BCUT2D eigenvalue weighted by atomic mass is 10.2. The van der Waals surface area contributed by atoms with Crippen molar-refractivity contribution in [1.82, 2.24) is 4.90 Å². The summed E-state index contributed by atoms with van der Waals surface area (Å²) < 4.78 is 26.1. The maximum atomic E-state index is 13.3. The van der Waals surface area contributed by atoms with Crippen LogP contribution < -0.4 is 11.1 Å². The van der Waals surface area contributed by atoms with E-state index in [2.05, 4.69) is 5.32 Å². The average Bonchev–Trinajstić information content (AvgIpc) is 2.23. The van der Waals surface area contributed by atoms with Crippen LogP contribution in [0.15, 0.2) is 12.1 Å². The van der Waals surface area contributed by atoms with Crippen LogP contribution in [-0.4, -0.2) is 31.4 Å². The van der Waals surface area contributed by atoms with Gasteiger partial charge in [-0.3, -0.25) is 4.79 Å². The Morgan fingerprint density at radius 1 is 1.44 bits per heavy atom. The monoisotopic (exact) mass is 229 g/mol. The van der Waals surface area contributed by atoms with Crippen molar-refractivity contribution in [1.29, 1.82) is 0 Å². The minimum atomic E-state index is -1.08. The van der Waals surface area contributed by atoms with Gasteiger partial charge in [-0.1, -0.05) is 0 Å². The number of nitrogens with two attached hydrogens (primary N) is 1. The molecule has 1 aromatic carbocycles. The molecule has 0 aliphatic carbocycles. The highest BCUT2D eigenvalue weighted by molar-refractivity contribution is 5.82. The maximum absolute atomic E-state index is 13.3. The maximum Gasteiger partial charge on any atom is 0.241 e. The van der Waals surface area contributed by atoms with Gasteiger partial charge in [0, 0.05) is 14.1 Å². The van der Waals surface area contributed by atoms with Crippen molar-refractivity contribution in [2.24, 2.45) is 0 Å². The Bertz CT molecular complexity index is 407. The Hall–Kier alpha value is -1.85. The molecule has 3 N–H and O–H groups in total. The number of rotatable bonds is 3. The number of hydrogen-bond donors (Lipinski definition) is 2. The van der Waals surface area contributed by atoms with Crippen LogP contribution in [0.2, 0.25) is 0 Å².